The summed E-state index contributed by atoms with van der Waals surface area (Å²) in [5.41, 5.74) is 11.7. The van der Waals surface area contributed by atoms with Gasteiger partial charge in [0.2, 0.25) is 0 Å². The minimum atomic E-state index is 0.993. The van der Waals surface area contributed by atoms with Gasteiger partial charge >= 0.3 is 0 Å². The average Bonchev–Trinajstić information content (AvgIpc) is 3.01. The van der Waals surface area contributed by atoms with Gasteiger partial charge in [0.1, 0.15) is 0 Å². The fourth-order valence-corrected chi connectivity index (χ4v) is 5.83. The van der Waals surface area contributed by atoms with Crippen molar-refractivity contribution in [3.63, 3.8) is 0 Å². The maximum absolute atomic E-state index is 4.56. The van der Waals surface area contributed by atoms with Crippen molar-refractivity contribution >= 4 is 21.5 Å². The molecule has 2 nitrogen and oxygen atoms in total. The molecule has 7 rings (SSSR count). The molecule has 0 aliphatic carbocycles. The predicted molar refractivity (Wildman–Crippen MR) is 168 cm³/mol. The van der Waals surface area contributed by atoms with Gasteiger partial charge in [0.05, 0.1) is 5.69 Å². The number of hydrogen-bond donors (Lipinski definition) is 0. The summed E-state index contributed by atoms with van der Waals surface area (Å²) in [4.78, 5) is 9.05. The second kappa shape index (κ2) is 9.91. The van der Waals surface area contributed by atoms with E-state index in [1.165, 1.54) is 54.9 Å². The van der Waals surface area contributed by atoms with Crippen molar-refractivity contribution in [1.29, 1.82) is 0 Å². The van der Waals surface area contributed by atoms with E-state index in [1.807, 2.05) is 31.5 Å². The third-order valence-electron chi connectivity index (χ3n) is 7.81. The predicted octanol–water partition coefficient (Wildman–Crippen LogP) is 10.1. The Kier molecular flexibility index (Phi) is 5.94. The van der Waals surface area contributed by atoms with Gasteiger partial charge in [-0.3, -0.25) is 9.97 Å². The van der Waals surface area contributed by atoms with E-state index in [1.54, 1.807) is 0 Å². The van der Waals surface area contributed by atoms with Crippen molar-refractivity contribution < 1.29 is 0 Å². The quantitative estimate of drug-likeness (QED) is 0.219. The Hall–Kier alpha value is -5.08. The van der Waals surface area contributed by atoms with Crippen molar-refractivity contribution in [3.05, 3.63) is 145 Å². The van der Waals surface area contributed by atoms with E-state index in [-0.39, 0.29) is 0 Å². The number of pyridine rings is 2. The van der Waals surface area contributed by atoms with E-state index < -0.39 is 0 Å². The SMILES string of the molecule is Cc1ccc(-c2ccc(-c3c4ccccc4c(-c4ccc(-c5ccccn5)cc4C)c4ccccc34)cc2)cn1. The molecule has 2 heterocycles. The van der Waals surface area contributed by atoms with Gasteiger partial charge in [-0.1, -0.05) is 97.1 Å². The first-order chi connectivity index (χ1) is 19.7. The molecule has 0 N–H and O–H groups in total. The molecule has 2 heteroatoms. The standard InChI is InChI=1S/C38H28N2/c1-25-23-29(36-13-7-8-22-39-36)20-21-31(25)38-34-11-5-3-9-32(34)37(33-10-4-6-12-35(33)38)28-18-16-27(17-19-28)30-15-14-26(2)40-24-30/h3-24H,1-2H3. The number of rotatable bonds is 4. The van der Waals surface area contributed by atoms with Crippen LogP contribution in [0.15, 0.2) is 134 Å². The molecule has 2 aromatic heterocycles. The molecule has 40 heavy (non-hydrogen) atoms. The van der Waals surface area contributed by atoms with E-state index in [2.05, 4.69) is 126 Å². The van der Waals surface area contributed by atoms with Crippen LogP contribution >= 0.6 is 0 Å². The Morgan fingerprint density at radius 2 is 1.02 bits per heavy atom. The molecule has 0 aliphatic rings. The first-order valence-corrected chi connectivity index (χ1v) is 13.7. The monoisotopic (exact) mass is 512 g/mol. The maximum Gasteiger partial charge on any atom is 0.0702 e. The zero-order valence-electron chi connectivity index (χ0n) is 22.6. The molecule has 0 atom stereocenters. The smallest absolute Gasteiger partial charge is 0.0702 e. The van der Waals surface area contributed by atoms with E-state index >= 15 is 0 Å². The van der Waals surface area contributed by atoms with E-state index in [4.69, 9.17) is 0 Å². The summed E-state index contributed by atoms with van der Waals surface area (Å²) in [6, 6.07) is 43.5. The van der Waals surface area contributed by atoms with Gasteiger partial charge in [-0.15, -0.1) is 0 Å². The Labute approximate surface area is 234 Å². The first-order valence-electron chi connectivity index (χ1n) is 13.7. The van der Waals surface area contributed by atoms with Crippen molar-refractivity contribution in [3.8, 4) is 44.6 Å². The lowest BCUT2D eigenvalue weighted by molar-refractivity contribution is 1.20. The fourth-order valence-electron chi connectivity index (χ4n) is 5.83. The number of nitrogens with zero attached hydrogens (tertiary/aromatic N) is 2. The van der Waals surface area contributed by atoms with E-state index in [0.29, 0.717) is 0 Å². The molecule has 5 aromatic carbocycles. The van der Waals surface area contributed by atoms with Crippen molar-refractivity contribution in [2.75, 3.05) is 0 Å². The Bertz CT molecular complexity index is 1930. The van der Waals surface area contributed by atoms with Crippen LogP contribution in [0.25, 0.3) is 66.2 Å². The molecule has 0 saturated carbocycles. The average molecular weight is 513 g/mol. The highest BCUT2D eigenvalue weighted by molar-refractivity contribution is 6.21. The van der Waals surface area contributed by atoms with Crippen LogP contribution in [-0.2, 0) is 0 Å². The summed E-state index contributed by atoms with van der Waals surface area (Å²) in [6.07, 6.45) is 3.80. The topological polar surface area (TPSA) is 25.8 Å². The molecule has 7 aromatic rings. The van der Waals surface area contributed by atoms with Crippen LogP contribution in [0.3, 0.4) is 0 Å². The zero-order valence-corrected chi connectivity index (χ0v) is 22.6. The Morgan fingerprint density at radius 3 is 1.60 bits per heavy atom. The first kappa shape index (κ1) is 24.0. The lowest BCUT2D eigenvalue weighted by atomic mass is 9.84. The van der Waals surface area contributed by atoms with Crippen LogP contribution in [-0.4, -0.2) is 9.97 Å². The summed E-state index contributed by atoms with van der Waals surface area (Å²) in [5.74, 6) is 0. The highest BCUT2D eigenvalue weighted by Gasteiger charge is 2.18. The summed E-state index contributed by atoms with van der Waals surface area (Å²) in [6.45, 7) is 4.22. The Balaban J connectivity index is 1.43. The molecule has 0 bridgehead atoms. The molecular weight excluding hydrogens is 484 g/mol. The van der Waals surface area contributed by atoms with Crippen LogP contribution in [0.4, 0.5) is 0 Å². The molecule has 0 amide bonds. The normalized spacial score (nSPS) is 11.2. The molecule has 0 saturated heterocycles. The van der Waals surface area contributed by atoms with Crippen LogP contribution in [0.1, 0.15) is 11.3 Å². The lowest BCUT2D eigenvalue weighted by Crippen LogP contribution is -1.93. The number of hydrogen-bond acceptors (Lipinski definition) is 2. The summed E-state index contributed by atoms with van der Waals surface area (Å²) < 4.78 is 0. The summed E-state index contributed by atoms with van der Waals surface area (Å²) in [5, 5.41) is 5.04. The lowest BCUT2D eigenvalue weighted by Gasteiger charge is -2.19. The molecule has 0 radical (unpaired) electrons. The van der Waals surface area contributed by atoms with Gasteiger partial charge in [-0.05, 0) is 93.0 Å². The number of aromatic nitrogens is 2. The van der Waals surface area contributed by atoms with Crippen molar-refractivity contribution in [1.82, 2.24) is 9.97 Å². The van der Waals surface area contributed by atoms with Gasteiger partial charge in [-0.25, -0.2) is 0 Å². The van der Waals surface area contributed by atoms with Gasteiger partial charge in [0, 0.05) is 29.2 Å². The Morgan fingerprint density at radius 1 is 0.450 bits per heavy atom. The van der Waals surface area contributed by atoms with Crippen LogP contribution in [0.2, 0.25) is 0 Å². The fraction of sp³-hybridized carbons (Fsp3) is 0.0526. The summed E-state index contributed by atoms with van der Waals surface area (Å²) >= 11 is 0. The zero-order chi connectivity index (χ0) is 27.1. The number of benzene rings is 5. The van der Waals surface area contributed by atoms with Crippen LogP contribution < -0.4 is 0 Å². The summed E-state index contributed by atoms with van der Waals surface area (Å²) in [7, 11) is 0. The number of aryl methyl sites for hydroxylation is 2. The van der Waals surface area contributed by atoms with Gasteiger partial charge in [0.25, 0.3) is 0 Å². The second-order valence-electron chi connectivity index (χ2n) is 10.4. The highest BCUT2D eigenvalue weighted by atomic mass is 14.7. The number of fused-ring (bicyclic) bond motifs is 2. The molecule has 0 unspecified atom stereocenters. The second-order valence-corrected chi connectivity index (χ2v) is 10.4. The van der Waals surface area contributed by atoms with E-state index in [0.717, 1.165) is 22.5 Å². The molecule has 0 fully saturated rings. The third-order valence-corrected chi connectivity index (χ3v) is 7.81. The highest BCUT2D eigenvalue weighted by Crippen LogP contribution is 2.44. The minimum absolute atomic E-state index is 0.993. The molecular formula is C38H28N2. The van der Waals surface area contributed by atoms with Crippen molar-refractivity contribution in [2.24, 2.45) is 0 Å². The molecule has 190 valence electrons. The minimum Gasteiger partial charge on any atom is -0.261 e. The van der Waals surface area contributed by atoms with E-state index in [9.17, 15) is 0 Å². The third kappa shape index (κ3) is 4.15. The van der Waals surface area contributed by atoms with Crippen molar-refractivity contribution in [2.45, 2.75) is 13.8 Å². The van der Waals surface area contributed by atoms with Gasteiger partial charge < -0.3 is 0 Å². The largest absolute Gasteiger partial charge is 0.261 e. The van der Waals surface area contributed by atoms with Gasteiger partial charge in [0.15, 0.2) is 0 Å². The molecule has 0 spiro atoms. The van der Waals surface area contributed by atoms with Gasteiger partial charge in [-0.2, -0.15) is 0 Å². The van der Waals surface area contributed by atoms with Crippen LogP contribution in [0, 0.1) is 13.8 Å². The maximum atomic E-state index is 4.56. The van der Waals surface area contributed by atoms with Crippen LogP contribution in [0.5, 0.6) is 0 Å². The molecule has 0 aliphatic heterocycles.